The van der Waals surface area contributed by atoms with Crippen molar-refractivity contribution in [3.05, 3.63) is 112 Å². The third-order valence-corrected chi connectivity index (χ3v) is 6.32. The first kappa shape index (κ1) is 15.7. The normalized spacial score (nSPS) is 18.4. The molecule has 2 aromatic carbocycles. The molecule has 3 heteroatoms. The Morgan fingerprint density at radius 2 is 1.39 bits per heavy atom. The molecule has 28 heavy (non-hydrogen) atoms. The Kier molecular flexibility index (Phi) is 3.13. The van der Waals surface area contributed by atoms with Gasteiger partial charge in [0.1, 0.15) is 7.05 Å². The van der Waals surface area contributed by atoms with Crippen molar-refractivity contribution < 1.29 is 4.57 Å². The minimum atomic E-state index is 0.127. The summed E-state index contributed by atoms with van der Waals surface area (Å²) in [6.07, 6.45) is 5.85. The van der Waals surface area contributed by atoms with E-state index in [0.717, 1.165) is 11.4 Å². The summed E-state index contributed by atoms with van der Waals surface area (Å²) in [5.41, 5.74) is 11.6. The lowest BCUT2D eigenvalue weighted by Gasteiger charge is -2.40. The molecule has 0 N–H and O–H groups in total. The fourth-order valence-corrected chi connectivity index (χ4v) is 5.15. The van der Waals surface area contributed by atoms with Gasteiger partial charge in [0.05, 0.1) is 23.2 Å². The maximum absolute atomic E-state index is 4.81. The van der Waals surface area contributed by atoms with Crippen LogP contribution in [0.5, 0.6) is 0 Å². The minimum Gasteiger partial charge on any atom is -0.257 e. The zero-order chi connectivity index (χ0) is 18.8. The molecule has 0 saturated carbocycles. The van der Waals surface area contributed by atoms with Gasteiger partial charge in [-0.15, -0.1) is 0 Å². The Morgan fingerprint density at radius 1 is 0.750 bits per heavy atom. The number of aryl methyl sites for hydroxylation is 2. The van der Waals surface area contributed by atoms with Gasteiger partial charge in [0.15, 0.2) is 6.20 Å². The quantitative estimate of drug-likeness (QED) is 0.409. The molecule has 2 unspecified atom stereocenters. The molecule has 2 heterocycles. The molecule has 3 nitrogen and oxygen atoms in total. The van der Waals surface area contributed by atoms with E-state index < -0.39 is 0 Å². The van der Waals surface area contributed by atoms with Crippen molar-refractivity contribution in [2.75, 3.05) is 0 Å². The van der Waals surface area contributed by atoms with Gasteiger partial charge in [-0.1, -0.05) is 42.5 Å². The van der Waals surface area contributed by atoms with Gasteiger partial charge in [-0.25, -0.2) is 4.57 Å². The lowest BCUT2D eigenvalue weighted by Crippen LogP contribution is -2.38. The predicted molar refractivity (Wildman–Crippen MR) is 108 cm³/mol. The van der Waals surface area contributed by atoms with E-state index in [4.69, 9.17) is 9.97 Å². The number of rotatable bonds is 1. The van der Waals surface area contributed by atoms with E-state index >= 15 is 0 Å². The maximum atomic E-state index is 4.81. The van der Waals surface area contributed by atoms with E-state index in [2.05, 4.69) is 79.3 Å². The topological polar surface area (TPSA) is 29.7 Å². The lowest BCUT2D eigenvalue weighted by molar-refractivity contribution is -0.660. The molecule has 2 aromatic heterocycles. The molecule has 0 spiro atoms. The number of hydrogen-bond donors (Lipinski definition) is 0. The first-order valence-electron chi connectivity index (χ1n) is 9.73. The van der Waals surface area contributed by atoms with Gasteiger partial charge in [-0.05, 0) is 35.2 Å². The van der Waals surface area contributed by atoms with Crippen molar-refractivity contribution in [2.24, 2.45) is 7.05 Å². The molecule has 0 saturated heterocycles. The first-order chi connectivity index (χ1) is 13.8. The van der Waals surface area contributed by atoms with Gasteiger partial charge in [0.25, 0.3) is 0 Å². The van der Waals surface area contributed by atoms with E-state index in [1.54, 1.807) is 0 Å². The van der Waals surface area contributed by atoms with E-state index in [-0.39, 0.29) is 11.8 Å². The van der Waals surface area contributed by atoms with Crippen molar-refractivity contribution in [2.45, 2.75) is 18.8 Å². The van der Waals surface area contributed by atoms with Gasteiger partial charge < -0.3 is 0 Å². The molecule has 3 aliphatic rings. The second-order valence-electron chi connectivity index (χ2n) is 7.78. The molecule has 0 aliphatic heterocycles. The third kappa shape index (κ3) is 1.91. The van der Waals surface area contributed by atoms with Crippen molar-refractivity contribution in [1.29, 1.82) is 0 Å². The van der Waals surface area contributed by atoms with Crippen LogP contribution >= 0.6 is 0 Å². The average molecular weight is 362 g/mol. The summed E-state index contributed by atoms with van der Waals surface area (Å²) in [5, 5.41) is 0. The Bertz CT molecular complexity index is 1210. The molecule has 134 valence electrons. The average Bonchev–Trinajstić information content (AvgIpc) is 2.74. The van der Waals surface area contributed by atoms with Crippen molar-refractivity contribution in [3.8, 4) is 11.3 Å². The van der Waals surface area contributed by atoms with E-state index in [1.807, 2.05) is 12.4 Å². The summed E-state index contributed by atoms with van der Waals surface area (Å²) in [7, 11) is 2.15. The van der Waals surface area contributed by atoms with Crippen LogP contribution in [0.15, 0.2) is 73.2 Å². The van der Waals surface area contributed by atoms with Gasteiger partial charge >= 0.3 is 0 Å². The fourth-order valence-electron chi connectivity index (χ4n) is 5.15. The highest BCUT2D eigenvalue weighted by atomic mass is 14.9. The monoisotopic (exact) mass is 362 g/mol. The molecule has 2 atom stereocenters. The van der Waals surface area contributed by atoms with Crippen LogP contribution in [0.1, 0.15) is 51.0 Å². The zero-order valence-corrected chi connectivity index (χ0v) is 15.9. The molecular formula is C25H20N3+. The highest BCUT2D eigenvalue weighted by Gasteiger charge is 2.46. The summed E-state index contributed by atoms with van der Waals surface area (Å²) >= 11 is 0. The number of benzene rings is 2. The lowest BCUT2D eigenvalue weighted by atomic mass is 9.63. The summed E-state index contributed by atoms with van der Waals surface area (Å²) in [4.78, 5) is 9.59. The number of nitrogens with zero attached hydrogens (tertiary/aromatic N) is 3. The number of hydrogen-bond acceptors (Lipinski definition) is 2. The summed E-state index contributed by atoms with van der Waals surface area (Å²) in [6.45, 7) is 2.19. The van der Waals surface area contributed by atoms with Gasteiger partial charge in [0, 0.05) is 29.6 Å². The van der Waals surface area contributed by atoms with Gasteiger partial charge in [0.2, 0.25) is 5.69 Å². The first-order valence-corrected chi connectivity index (χ1v) is 9.73. The van der Waals surface area contributed by atoms with Crippen LogP contribution in [0.3, 0.4) is 0 Å². The predicted octanol–water partition coefficient (Wildman–Crippen LogP) is 4.26. The summed E-state index contributed by atoms with van der Waals surface area (Å²) in [5.74, 6) is 0.283. The molecule has 7 rings (SSSR count). The molecule has 2 bridgehead atoms. The van der Waals surface area contributed by atoms with Crippen molar-refractivity contribution in [1.82, 2.24) is 9.97 Å². The van der Waals surface area contributed by atoms with Crippen molar-refractivity contribution in [3.63, 3.8) is 0 Å². The van der Waals surface area contributed by atoms with Crippen LogP contribution in [0, 0.1) is 6.92 Å². The standard InChI is InChI=1S/C25H20N3/c1-15-7-3-4-8-16(15)25-22-19(11-14-28(25)2)20-17-9-5-6-10-18(17)21(22)24-23(20)26-12-13-27-24/h3-14,20-21H,1-2H3/q+1. The Balaban J connectivity index is 1.75. The second kappa shape index (κ2) is 5.59. The second-order valence-corrected chi connectivity index (χ2v) is 7.78. The zero-order valence-electron chi connectivity index (χ0n) is 15.9. The fraction of sp³-hybridized carbons (Fsp3) is 0.160. The van der Waals surface area contributed by atoms with E-state index in [0.29, 0.717) is 0 Å². The number of pyridine rings is 1. The van der Waals surface area contributed by atoms with Crippen LogP contribution in [0.2, 0.25) is 0 Å². The van der Waals surface area contributed by atoms with E-state index in [9.17, 15) is 0 Å². The Hall–Kier alpha value is -3.33. The smallest absolute Gasteiger partial charge is 0.217 e. The molecular weight excluding hydrogens is 342 g/mol. The molecule has 0 amide bonds. The van der Waals surface area contributed by atoms with Crippen LogP contribution in [0.25, 0.3) is 11.3 Å². The van der Waals surface area contributed by atoms with Crippen molar-refractivity contribution >= 4 is 0 Å². The van der Waals surface area contributed by atoms with Crippen LogP contribution in [-0.4, -0.2) is 9.97 Å². The van der Waals surface area contributed by atoms with Gasteiger partial charge in [-0.3, -0.25) is 9.97 Å². The Morgan fingerprint density at radius 3 is 2.14 bits per heavy atom. The van der Waals surface area contributed by atoms with Gasteiger partial charge in [-0.2, -0.15) is 0 Å². The highest BCUT2D eigenvalue weighted by Crippen LogP contribution is 2.55. The molecule has 4 aromatic rings. The summed E-state index contributed by atoms with van der Waals surface area (Å²) < 4.78 is 2.26. The van der Waals surface area contributed by atoms with Crippen LogP contribution in [-0.2, 0) is 7.05 Å². The largest absolute Gasteiger partial charge is 0.257 e. The Labute approximate surface area is 164 Å². The molecule has 0 fully saturated rings. The number of aromatic nitrogens is 3. The molecule has 3 aliphatic carbocycles. The van der Waals surface area contributed by atoms with Crippen LogP contribution in [0.4, 0.5) is 0 Å². The van der Waals surface area contributed by atoms with E-state index in [1.165, 1.54) is 39.1 Å². The maximum Gasteiger partial charge on any atom is 0.217 e. The minimum absolute atomic E-state index is 0.127. The third-order valence-electron chi connectivity index (χ3n) is 6.32. The molecule has 0 radical (unpaired) electrons. The van der Waals surface area contributed by atoms with Crippen LogP contribution < -0.4 is 4.57 Å². The summed E-state index contributed by atoms with van der Waals surface area (Å²) in [6, 6.07) is 19.7. The SMILES string of the molecule is Cc1ccccc1-c1c2c(cc[n+]1C)C1c3ccccc3C2c2nccnc21. The highest BCUT2D eigenvalue weighted by molar-refractivity contribution is 5.74.